The Bertz CT molecular complexity index is 732. The SMILES string of the molecule is O=C(c1ccccc1)c1cscc1C(O)c1ccccc1. The van der Waals surface area contributed by atoms with Crippen LogP contribution < -0.4 is 0 Å². The number of hydrogen-bond donors (Lipinski definition) is 1. The number of carbonyl (C=O) groups is 1. The van der Waals surface area contributed by atoms with Gasteiger partial charge in [-0.05, 0) is 10.9 Å². The lowest BCUT2D eigenvalue weighted by molar-refractivity contribution is 0.103. The summed E-state index contributed by atoms with van der Waals surface area (Å²) < 4.78 is 0. The highest BCUT2D eigenvalue weighted by molar-refractivity contribution is 7.08. The topological polar surface area (TPSA) is 37.3 Å². The van der Waals surface area contributed by atoms with Crippen LogP contribution in [0.3, 0.4) is 0 Å². The van der Waals surface area contributed by atoms with Crippen molar-refractivity contribution in [1.29, 1.82) is 0 Å². The predicted molar refractivity (Wildman–Crippen MR) is 84.7 cm³/mol. The monoisotopic (exact) mass is 294 g/mol. The maximum absolute atomic E-state index is 12.6. The molecule has 1 aromatic heterocycles. The van der Waals surface area contributed by atoms with Crippen LogP contribution in [0.15, 0.2) is 71.4 Å². The molecule has 0 aliphatic carbocycles. The molecule has 0 aliphatic rings. The predicted octanol–water partition coefficient (Wildman–Crippen LogP) is 4.06. The van der Waals surface area contributed by atoms with Gasteiger partial charge < -0.3 is 5.11 Å². The normalized spacial score (nSPS) is 12.0. The van der Waals surface area contributed by atoms with Gasteiger partial charge in [0.25, 0.3) is 0 Å². The number of benzene rings is 2. The van der Waals surface area contributed by atoms with Crippen molar-refractivity contribution in [3.63, 3.8) is 0 Å². The fraction of sp³-hybridized carbons (Fsp3) is 0.0556. The Hall–Kier alpha value is -2.23. The minimum absolute atomic E-state index is 0.0539. The van der Waals surface area contributed by atoms with E-state index in [2.05, 4.69) is 0 Å². The van der Waals surface area contributed by atoms with E-state index in [0.29, 0.717) is 16.7 Å². The van der Waals surface area contributed by atoms with Crippen molar-refractivity contribution in [2.75, 3.05) is 0 Å². The molecule has 1 N–H and O–H groups in total. The molecule has 0 amide bonds. The van der Waals surface area contributed by atoms with Crippen LogP contribution >= 0.6 is 11.3 Å². The van der Waals surface area contributed by atoms with Gasteiger partial charge in [-0.3, -0.25) is 4.79 Å². The standard InChI is InChI=1S/C18H14O2S/c19-17(13-7-3-1-4-8-13)15-11-21-12-16(15)18(20)14-9-5-2-6-10-14/h1-12,17,19H. The third-order valence-electron chi connectivity index (χ3n) is 3.38. The van der Waals surface area contributed by atoms with Gasteiger partial charge in [0.1, 0.15) is 6.10 Å². The van der Waals surface area contributed by atoms with Crippen molar-refractivity contribution in [2.45, 2.75) is 6.10 Å². The molecule has 21 heavy (non-hydrogen) atoms. The first-order valence-electron chi connectivity index (χ1n) is 6.66. The molecule has 3 aromatic rings. The molecule has 3 rings (SSSR count). The van der Waals surface area contributed by atoms with E-state index in [1.54, 1.807) is 17.5 Å². The van der Waals surface area contributed by atoms with Gasteiger partial charge in [-0.1, -0.05) is 60.7 Å². The molecule has 3 heteroatoms. The zero-order valence-corrected chi connectivity index (χ0v) is 12.1. The van der Waals surface area contributed by atoms with Crippen molar-refractivity contribution in [2.24, 2.45) is 0 Å². The molecule has 0 fully saturated rings. The quantitative estimate of drug-likeness (QED) is 0.737. The fourth-order valence-electron chi connectivity index (χ4n) is 2.26. The Balaban J connectivity index is 1.96. The molecule has 1 atom stereocenters. The van der Waals surface area contributed by atoms with Gasteiger partial charge >= 0.3 is 0 Å². The summed E-state index contributed by atoms with van der Waals surface area (Å²) in [6.45, 7) is 0. The first-order valence-corrected chi connectivity index (χ1v) is 7.60. The highest BCUT2D eigenvalue weighted by atomic mass is 32.1. The van der Waals surface area contributed by atoms with Gasteiger partial charge in [-0.15, -0.1) is 0 Å². The summed E-state index contributed by atoms with van der Waals surface area (Å²) in [4.78, 5) is 12.6. The third-order valence-corrected chi connectivity index (χ3v) is 4.14. The summed E-state index contributed by atoms with van der Waals surface area (Å²) in [5.41, 5.74) is 2.66. The van der Waals surface area contributed by atoms with Crippen LogP contribution in [0, 0.1) is 0 Å². The van der Waals surface area contributed by atoms with Crippen LogP contribution in [0.25, 0.3) is 0 Å². The van der Waals surface area contributed by atoms with E-state index in [0.717, 1.165) is 5.56 Å². The number of rotatable bonds is 4. The largest absolute Gasteiger partial charge is 0.384 e. The van der Waals surface area contributed by atoms with Crippen molar-refractivity contribution in [1.82, 2.24) is 0 Å². The van der Waals surface area contributed by atoms with Crippen molar-refractivity contribution in [3.05, 3.63) is 93.7 Å². The van der Waals surface area contributed by atoms with E-state index in [1.807, 2.05) is 53.9 Å². The Morgan fingerprint density at radius 2 is 1.52 bits per heavy atom. The summed E-state index contributed by atoms with van der Waals surface area (Å²) in [6.07, 6.45) is -0.778. The molecule has 1 heterocycles. The average molecular weight is 294 g/mol. The minimum Gasteiger partial charge on any atom is -0.384 e. The summed E-state index contributed by atoms with van der Waals surface area (Å²) in [5, 5.41) is 14.2. The Kier molecular flexibility index (Phi) is 3.95. The van der Waals surface area contributed by atoms with Crippen molar-refractivity contribution in [3.8, 4) is 0 Å². The second-order valence-corrected chi connectivity index (χ2v) is 5.49. The number of aliphatic hydroxyl groups excluding tert-OH is 1. The molecule has 0 saturated heterocycles. The number of hydrogen-bond acceptors (Lipinski definition) is 3. The lowest BCUT2D eigenvalue weighted by Crippen LogP contribution is -2.07. The second kappa shape index (κ2) is 6.04. The molecule has 104 valence electrons. The van der Waals surface area contributed by atoms with Crippen LogP contribution in [0.5, 0.6) is 0 Å². The number of carbonyl (C=O) groups excluding carboxylic acids is 1. The molecule has 0 radical (unpaired) electrons. The molecule has 2 nitrogen and oxygen atoms in total. The molecule has 1 unspecified atom stereocenters. The summed E-state index contributed by atoms with van der Waals surface area (Å²) in [5.74, 6) is -0.0539. The van der Waals surface area contributed by atoms with E-state index in [9.17, 15) is 9.90 Å². The molecule has 0 bridgehead atoms. The lowest BCUT2D eigenvalue weighted by Gasteiger charge is -2.12. The van der Waals surface area contributed by atoms with Gasteiger partial charge in [-0.25, -0.2) is 0 Å². The minimum atomic E-state index is -0.778. The van der Waals surface area contributed by atoms with Gasteiger partial charge in [0, 0.05) is 22.1 Å². The van der Waals surface area contributed by atoms with E-state index >= 15 is 0 Å². The van der Waals surface area contributed by atoms with Crippen LogP contribution in [0.4, 0.5) is 0 Å². The highest BCUT2D eigenvalue weighted by Crippen LogP contribution is 2.29. The molecule has 2 aromatic carbocycles. The first-order chi connectivity index (χ1) is 10.3. The Labute approximate surface area is 127 Å². The van der Waals surface area contributed by atoms with Gasteiger partial charge in [0.15, 0.2) is 5.78 Å². The van der Waals surface area contributed by atoms with E-state index < -0.39 is 6.10 Å². The Morgan fingerprint density at radius 1 is 0.905 bits per heavy atom. The van der Waals surface area contributed by atoms with Crippen molar-refractivity contribution >= 4 is 17.1 Å². The molecule has 0 spiro atoms. The fourth-order valence-corrected chi connectivity index (χ4v) is 3.11. The summed E-state index contributed by atoms with van der Waals surface area (Å²) in [6, 6.07) is 18.5. The van der Waals surface area contributed by atoms with Crippen molar-refractivity contribution < 1.29 is 9.90 Å². The number of thiophene rings is 1. The summed E-state index contributed by atoms with van der Waals surface area (Å²) in [7, 11) is 0. The van der Waals surface area contributed by atoms with E-state index in [1.165, 1.54) is 11.3 Å². The zero-order valence-electron chi connectivity index (χ0n) is 11.3. The number of aliphatic hydroxyl groups is 1. The maximum atomic E-state index is 12.6. The third kappa shape index (κ3) is 2.79. The Morgan fingerprint density at radius 3 is 2.19 bits per heavy atom. The summed E-state index contributed by atoms with van der Waals surface area (Å²) >= 11 is 1.43. The smallest absolute Gasteiger partial charge is 0.194 e. The molecular formula is C18H14O2S. The van der Waals surface area contributed by atoms with Crippen LogP contribution in [0.2, 0.25) is 0 Å². The lowest BCUT2D eigenvalue weighted by atomic mass is 9.96. The van der Waals surface area contributed by atoms with Crippen LogP contribution in [0.1, 0.15) is 33.2 Å². The van der Waals surface area contributed by atoms with Gasteiger partial charge in [0.05, 0.1) is 0 Å². The van der Waals surface area contributed by atoms with Crippen LogP contribution in [-0.4, -0.2) is 10.9 Å². The van der Waals surface area contributed by atoms with E-state index in [4.69, 9.17) is 0 Å². The molecule has 0 aliphatic heterocycles. The van der Waals surface area contributed by atoms with Gasteiger partial charge in [0.2, 0.25) is 0 Å². The van der Waals surface area contributed by atoms with Crippen LogP contribution in [-0.2, 0) is 0 Å². The average Bonchev–Trinajstić information content (AvgIpc) is 3.04. The van der Waals surface area contributed by atoms with E-state index in [-0.39, 0.29) is 5.78 Å². The molecular weight excluding hydrogens is 280 g/mol. The zero-order chi connectivity index (χ0) is 14.7. The first kappa shape index (κ1) is 13.7. The highest BCUT2D eigenvalue weighted by Gasteiger charge is 2.20. The van der Waals surface area contributed by atoms with Gasteiger partial charge in [-0.2, -0.15) is 11.3 Å². The molecule has 0 saturated carbocycles. The number of ketones is 1. The second-order valence-electron chi connectivity index (χ2n) is 4.75. The maximum Gasteiger partial charge on any atom is 0.194 e.